The Morgan fingerprint density at radius 3 is 2.92 bits per heavy atom. The molecule has 1 N–H and O–H groups in total. The van der Waals surface area contributed by atoms with Gasteiger partial charge >= 0.3 is 0 Å². The molecule has 2 nitrogen and oxygen atoms in total. The van der Waals surface area contributed by atoms with Gasteiger partial charge in [-0.1, -0.05) is 29.8 Å². The Hall–Kier alpha value is -1.84. The van der Waals surface area contributed by atoms with Crippen LogP contribution in [-0.4, -0.2) is 30.6 Å². The van der Waals surface area contributed by atoms with E-state index < -0.39 is 0 Å². The Balaban J connectivity index is 1.91. The summed E-state index contributed by atoms with van der Waals surface area (Å²) in [5.74, 6) is -0.217. The second-order valence-corrected chi connectivity index (χ2v) is 8.18. The minimum atomic E-state index is -0.289. The van der Waals surface area contributed by atoms with Crippen LogP contribution in [0.15, 0.2) is 58.7 Å². The van der Waals surface area contributed by atoms with E-state index in [9.17, 15) is 4.39 Å². The van der Waals surface area contributed by atoms with Crippen molar-refractivity contribution in [1.82, 2.24) is 4.90 Å². The lowest BCUT2D eigenvalue weighted by atomic mass is 9.69. The van der Waals surface area contributed by atoms with Crippen LogP contribution in [0.4, 0.5) is 10.1 Å². The first kappa shape index (κ1) is 17.6. The number of hydrogen-bond donors (Lipinski definition) is 1. The molecule has 0 fully saturated rings. The van der Waals surface area contributed by atoms with Crippen molar-refractivity contribution in [2.75, 3.05) is 18.9 Å². The average molecular weight is 371 g/mol. The van der Waals surface area contributed by atoms with Crippen molar-refractivity contribution in [3.63, 3.8) is 0 Å². The van der Waals surface area contributed by atoms with Crippen LogP contribution in [0.3, 0.4) is 0 Å². The summed E-state index contributed by atoms with van der Waals surface area (Å²) in [5.41, 5.74) is 4.11. The smallest absolute Gasteiger partial charge is 0.123 e. The minimum Gasteiger partial charge on any atom is -0.377 e. The summed E-state index contributed by atoms with van der Waals surface area (Å²) >= 11 is 6.40. The summed E-state index contributed by atoms with van der Waals surface area (Å²) in [4.78, 5) is 2.34. The zero-order valence-electron chi connectivity index (χ0n) is 15.4. The first-order valence-electron chi connectivity index (χ1n) is 9.13. The van der Waals surface area contributed by atoms with Gasteiger partial charge in [-0.25, -0.2) is 4.39 Å². The third kappa shape index (κ3) is 2.93. The van der Waals surface area contributed by atoms with E-state index in [2.05, 4.69) is 55.4 Å². The van der Waals surface area contributed by atoms with Gasteiger partial charge in [0.2, 0.25) is 0 Å². The molecule has 26 heavy (non-hydrogen) atoms. The van der Waals surface area contributed by atoms with Gasteiger partial charge in [-0.3, -0.25) is 4.90 Å². The first-order valence-corrected chi connectivity index (χ1v) is 9.51. The molecule has 1 aromatic carbocycles. The summed E-state index contributed by atoms with van der Waals surface area (Å²) in [6.45, 7) is 5.45. The van der Waals surface area contributed by atoms with Gasteiger partial charge in [0.15, 0.2) is 0 Å². The molecule has 2 aliphatic heterocycles. The Kier molecular flexibility index (Phi) is 4.32. The van der Waals surface area contributed by atoms with E-state index in [0.717, 1.165) is 29.2 Å². The molecule has 0 saturated carbocycles. The molecule has 0 aromatic heterocycles. The van der Waals surface area contributed by atoms with Gasteiger partial charge in [-0.2, -0.15) is 0 Å². The molecule has 3 atom stereocenters. The molecule has 0 spiro atoms. The molecular weight excluding hydrogens is 347 g/mol. The van der Waals surface area contributed by atoms with Crippen LogP contribution in [0.2, 0.25) is 0 Å². The second kappa shape index (κ2) is 6.40. The highest BCUT2D eigenvalue weighted by Crippen LogP contribution is 2.47. The highest BCUT2D eigenvalue weighted by molar-refractivity contribution is 6.31. The number of allylic oxidation sites excluding steroid dienone is 2. The van der Waals surface area contributed by atoms with E-state index in [0.29, 0.717) is 6.04 Å². The Labute approximate surface area is 159 Å². The van der Waals surface area contributed by atoms with Crippen LogP contribution < -0.4 is 5.32 Å². The van der Waals surface area contributed by atoms with Gasteiger partial charge in [0.25, 0.3) is 0 Å². The zero-order valence-corrected chi connectivity index (χ0v) is 16.1. The number of likely N-dealkylation sites (N-methyl/N-ethyl adjacent to an activating group) is 1. The lowest BCUT2D eigenvalue weighted by molar-refractivity contribution is 0.284. The largest absolute Gasteiger partial charge is 0.377 e. The molecule has 3 aliphatic rings. The maximum absolute atomic E-state index is 13.9. The Morgan fingerprint density at radius 2 is 2.15 bits per heavy atom. The fourth-order valence-electron chi connectivity index (χ4n) is 4.18. The number of rotatable bonds is 1. The molecule has 0 radical (unpaired) electrons. The van der Waals surface area contributed by atoms with Crippen LogP contribution >= 0.6 is 11.6 Å². The molecule has 4 rings (SSSR count). The van der Waals surface area contributed by atoms with Crippen LogP contribution in [0.5, 0.6) is 0 Å². The summed E-state index contributed by atoms with van der Waals surface area (Å²) in [5, 5.41) is 4.34. The number of benzene rings is 1. The van der Waals surface area contributed by atoms with Crippen LogP contribution in [0, 0.1) is 11.2 Å². The number of nitrogens with zero attached hydrogens (tertiary/aromatic N) is 1. The molecule has 1 aromatic rings. The van der Waals surface area contributed by atoms with Gasteiger partial charge in [0.05, 0.1) is 6.04 Å². The number of nitrogens with one attached hydrogen (secondary N) is 1. The van der Waals surface area contributed by atoms with Gasteiger partial charge in [-0.05, 0) is 68.8 Å². The molecule has 2 unspecified atom stereocenters. The number of halogens is 2. The second-order valence-electron chi connectivity index (χ2n) is 7.75. The van der Waals surface area contributed by atoms with Crippen molar-refractivity contribution in [3.8, 4) is 0 Å². The fraction of sp³-hybridized carbons (Fsp3) is 0.364. The molecule has 0 bridgehead atoms. The van der Waals surface area contributed by atoms with Crippen molar-refractivity contribution >= 4 is 23.4 Å². The summed E-state index contributed by atoms with van der Waals surface area (Å²) in [7, 11) is 2.15. The first-order chi connectivity index (χ1) is 12.4. The molecule has 4 heteroatoms. The average Bonchev–Trinajstić information content (AvgIpc) is 2.71. The fourth-order valence-corrected chi connectivity index (χ4v) is 4.48. The van der Waals surface area contributed by atoms with E-state index in [1.165, 1.54) is 17.2 Å². The minimum absolute atomic E-state index is 0.0684. The maximum atomic E-state index is 13.9. The van der Waals surface area contributed by atoms with Crippen LogP contribution in [-0.2, 0) is 0 Å². The van der Waals surface area contributed by atoms with Crippen LogP contribution in [0.1, 0.15) is 25.8 Å². The molecule has 0 amide bonds. The lowest BCUT2D eigenvalue weighted by Gasteiger charge is -2.40. The normalized spacial score (nSPS) is 31.0. The summed E-state index contributed by atoms with van der Waals surface area (Å²) < 4.78 is 13.9. The molecule has 1 aliphatic carbocycles. The van der Waals surface area contributed by atoms with E-state index in [1.807, 2.05) is 12.1 Å². The number of anilines is 1. The van der Waals surface area contributed by atoms with Gasteiger partial charge in [0.1, 0.15) is 5.82 Å². The van der Waals surface area contributed by atoms with Gasteiger partial charge in [-0.15, -0.1) is 0 Å². The highest BCUT2D eigenvalue weighted by atomic mass is 35.5. The number of hydrogen-bond acceptors (Lipinski definition) is 2. The van der Waals surface area contributed by atoms with E-state index in [-0.39, 0.29) is 17.3 Å². The standard InChI is InChI=1S/C22H24ClFN2/c1-14-10-15(8-9-26(14)3)19-12-16-11-18(24)5-6-20(16)25-21-7-4-17(23)13-22(19,21)2/h4-7,10-14,21,25H,8-9H2,1-3H3/t14-,21?,22?/m0/s1. The topological polar surface area (TPSA) is 15.3 Å². The van der Waals surface area contributed by atoms with Crippen molar-refractivity contribution in [3.05, 3.63) is 70.1 Å². The van der Waals surface area contributed by atoms with Crippen molar-refractivity contribution in [2.24, 2.45) is 5.41 Å². The quantitative estimate of drug-likeness (QED) is 0.716. The van der Waals surface area contributed by atoms with Gasteiger partial charge < -0.3 is 5.32 Å². The SMILES string of the molecule is C[C@H]1C=C(C2=Cc3cc(F)ccc3NC3C=CC(Cl)=CC23C)CCN1C. The monoisotopic (exact) mass is 370 g/mol. The zero-order chi connectivity index (χ0) is 18.5. The number of fused-ring (bicyclic) bond motifs is 2. The van der Waals surface area contributed by atoms with Crippen molar-refractivity contribution < 1.29 is 4.39 Å². The third-order valence-electron chi connectivity index (χ3n) is 5.95. The molecule has 136 valence electrons. The van der Waals surface area contributed by atoms with Crippen molar-refractivity contribution in [1.29, 1.82) is 0 Å². The third-order valence-corrected chi connectivity index (χ3v) is 6.19. The highest BCUT2D eigenvalue weighted by Gasteiger charge is 2.40. The molecular formula is C22H24ClFN2. The van der Waals surface area contributed by atoms with Gasteiger partial charge in [0, 0.05) is 34.3 Å². The molecule has 2 heterocycles. The van der Waals surface area contributed by atoms with E-state index in [4.69, 9.17) is 11.6 Å². The van der Waals surface area contributed by atoms with E-state index >= 15 is 0 Å². The predicted octanol–water partition coefficient (Wildman–Crippen LogP) is 5.35. The summed E-state index contributed by atoms with van der Waals surface area (Å²) in [6, 6.07) is 5.39. The predicted molar refractivity (Wildman–Crippen MR) is 108 cm³/mol. The van der Waals surface area contributed by atoms with Crippen LogP contribution in [0.25, 0.3) is 6.08 Å². The Morgan fingerprint density at radius 1 is 1.35 bits per heavy atom. The maximum Gasteiger partial charge on any atom is 0.123 e. The molecule has 0 saturated heterocycles. The summed E-state index contributed by atoms with van der Waals surface area (Å²) in [6.07, 6.45) is 11.7. The lowest BCUT2D eigenvalue weighted by Crippen LogP contribution is -2.40. The Bertz CT molecular complexity index is 867. The van der Waals surface area contributed by atoms with E-state index in [1.54, 1.807) is 6.07 Å². The van der Waals surface area contributed by atoms with Crippen molar-refractivity contribution in [2.45, 2.75) is 32.4 Å².